The van der Waals surface area contributed by atoms with Crippen molar-refractivity contribution in [3.05, 3.63) is 48.3 Å². The maximum atomic E-state index is 13.7. The summed E-state index contributed by atoms with van der Waals surface area (Å²) in [7, 11) is 0. The second-order valence-corrected chi connectivity index (χ2v) is 7.29. The summed E-state index contributed by atoms with van der Waals surface area (Å²) < 4.78 is 13.7. The van der Waals surface area contributed by atoms with Gasteiger partial charge in [0.25, 0.3) is 5.91 Å². The topological polar surface area (TPSA) is 109 Å². The van der Waals surface area contributed by atoms with Crippen LogP contribution in [-0.2, 0) is 0 Å². The number of nitrogens with one attached hydrogen (secondary N) is 3. The Morgan fingerprint density at radius 2 is 2.30 bits per heavy atom. The maximum absolute atomic E-state index is 13.7. The first kappa shape index (κ1) is 21.3. The number of amides is 1. The average Bonchev–Trinajstić information content (AvgIpc) is 3.44. The van der Waals surface area contributed by atoms with Gasteiger partial charge in [0.15, 0.2) is 12.0 Å². The number of hydrogen-bond acceptors (Lipinski definition) is 4. The molecule has 158 valence electrons. The summed E-state index contributed by atoms with van der Waals surface area (Å²) in [6.07, 6.45) is 11.2. The second-order valence-electron chi connectivity index (χ2n) is 7.29. The Morgan fingerprint density at radius 1 is 1.40 bits per heavy atom. The van der Waals surface area contributed by atoms with Gasteiger partial charge >= 0.3 is 0 Å². The van der Waals surface area contributed by atoms with Gasteiger partial charge in [0, 0.05) is 32.0 Å². The lowest BCUT2D eigenvalue weighted by atomic mass is 10.0. The number of nitriles is 1. The van der Waals surface area contributed by atoms with E-state index in [1.165, 1.54) is 12.3 Å². The number of nitrogens with zero attached hydrogens (tertiary/aromatic N) is 4. The molecule has 1 amide bonds. The molecule has 0 bridgehead atoms. The summed E-state index contributed by atoms with van der Waals surface area (Å²) in [6.45, 7) is 2.16. The van der Waals surface area contributed by atoms with Gasteiger partial charge in [-0.2, -0.15) is 5.26 Å². The van der Waals surface area contributed by atoms with Crippen molar-refractivity contribution in [2.75, 3.05) is 25.0 Å². The molecular weight excluding hydrogens is 385 g/mol. The van der Waals surface area contributed by atoms with Gasteiger partial charge in [0.05, 0.1) is 11.9 Å². The molecule has 3 rings (SSSR count). The fraction of sp³-hybridized carbons (Fsp3) is 0.429. The van der Waals surface area contributed by atoms with Gasteiger partial charge in [-0.25, -0.2) is 4.39 Å². The maximum Gasteiger partial charge on any atom is 0.270 e. The predicted molar refractivity (Wildman–Crippen MR) is 112 cm³/mol. The van der Waals surface area contributed by atoms with Gasteiger partial charge < -0.3 is 15.2 Å². The quantitative estimate of drug-likeness (QED) is 0.203. The lowest BCUT2D eigenvalue weighted by molar-refractivity contribution is 0.0781. The molecule has 1 fully saturated rings. The van der Waals surface area contributed by atoms with Gasteiger partial charge in [-0.1, -0.05) is 12.8 Å². The molecule has 0 spiro atoms. The lowest BCUT2D eigenvalue weighted by Crippen LogP contribution is -2.28. The minimum atomic E-state index is -0.509. The minimum absolute atomic E-state index is 0.0764. The summed E-state index contributed by atoms with van der Waals surface area (Å²) in [5.41, 5.74) is 0.863. The molecule has 1 aliphatic rings. The predicted octanol–water partition coefficient (Wildman–Crippen LogP) is 3.11. The van der Waals surface area contributed by atoms with E-state index in [2.05, 4.69) is 25.6 Å². The Balaban J connectivity index is 1.35. The van der Waals surface area contributed by atoms with Crippen molar-refractivity contribution >= 4 is 17.6 Å². The Bertz CT molecular complexity index is 891. The Hall–Kier alpha value is -3.41. The van der Waals surface area contributed by atoms with Gasteiger partial charge in [0.2, 0.25) is 5.96 Å². The van der Waals surface area contributed by atoms with Gasteiger partial charge in [-0.15, -0.1) is 0 Å². The normalized spacial score (nSPS) is 16.3. The highest BCUT2D eigenvalue weighted by Gasteiger charge is 2.26. The van der Waals surface area contributed by atoms with Crippen molar-refractivity contribution in [3.8, 4) is 6.19 Å². The first-order valence-corrected chi connectivity index (χ1v) is 10.2. The SMILES string of the molecule is N#CNC(=NCCCCCC1CCN(C(=O)c2ccc[nH]2)C1)Nc1ccncc1F. The van der Waals surface area contributed by atoms with Crippen molar-refractivity contribution in [3.63, 3.8) is 0 Å². The standard InChI is InChI=1S/C21H26FN7O/c22-17-13-24-11-7-18(17)28-21(27-15-23)26-9-3-1-2-5-16-8-12-29(14-16)20(30)19-6-4-10-25-19/h4,6-7,10-11,13,16,25H,1-3,5,8-9,12,14H2,(H2,24,26,27,28). The number of unbranched alkanes of at least 4 members (excludes halogenated alkanes) is 2. The third-order valence-electron chi connectivity index (χ3n) is 5.14. The first-order chi connectivity index (χ1) is 14.7. The number of anilines is 1. The first-order valence-electron chi connectivity index (χ1n) is 10.2. The number of aromatic amines is 1. The highest BCUT2D eigenvalue weighted by atomic mass is 19.1. The molecule has 2 aromatic heterocycles. The van der Waals surface area contributed by atoms with Crippen LogP contribution in [0.3, 0.4) is 0 Å². The smallest absolute Gasteiger partial charge is 0.270 e. The summed E-state index contributed by atoms with van der Waals surface area (Å²) in [6, 6.07) is 5.13. The molecule has 9 heteroatoms. The number of aliphatic imine (C=N–C) groups is 1. The number of carbonyl (C=O) groups is 1. The van der Waals surface area contributed by atoms with Crippen LogP contribution >= 0.6 is 0 Å². The number of carbonyl (C=O) groups excluding carboxylic acids is 1. The van der Waals surface area contributed by atoms with Crippen molar-refractivity contribution in [2.45, 2.75) is 32.1 Å². The van der Waals surface area contributed by atoms with Crippen LogP contribution in [0, 0.1) is 23.2 Å². The summed E-state index contributed by atoms with van der Waals surface area (Å²) in [5, 5.41) is 14.1. The molecule has 30 heavy (non-hydrogen) atoms. The van der Waals surface area contributed by atoms with Crippen molar-refractivity contribution in [1.82, 2.24) is 20.2 Å². The largest absolute Gasteiger partial charge is 0.357 e. The van der Waals surface area contributed by atoms with Crippen LogP contribution in [0.5, 0.6) is 0 Å². The van der Waals surface area contributed by atoms with E-state index >= 15 is 0 Å². The fourth-order valence-electron chi connectivity index (χ4n) is 3.57. The summed E-state index contributed by atoms with van der Waals surface area (Å²) in [4.78, 5) is 25.3. The zero-order valence-electron chi connectivity index (χ0n) is 16.8. The summed E-state index contributed by atoms with van der Waals surface area (Å²) in [5.74, 6) is 0.328. The van der Waals surface area contributed by atoms with Crippen LogP contribution in [0.4, 0.5) is 10.1 Å². The molecule has 0 radical (unpaired) electrons. The van der Waals surface area contributed by atoms with Crippen LogP contribution in [-0.4, -0.2) is 46.4 Å². The van der Waals surface area contributed by atoms with Gasteiger partial charge in [0.1, 0.15) is 5.69 Å². The highest BCUT2D eigenvalue weighted by Crippen LogP contribution is 2.23. The molecule has 0 aromatic carbocycles. The monoisotopic (exact) mass is 411 g/mol. The third-order valence-corrected chi connectivity index (χ3v) is 5.14. The van der Waals surface area contributed by atoms with Crippen LogP contribution in [0.15, 0.2) is 41.8 Å². The molecule has 1 unspecified atom stereocenters. The molecule has 1 aliphatic heterocycles. The average molecular weight is 411 g/mol. The van der Waals surface area contributed by atoms with Crippen molar-refractivity contribution in [2.24, 2.45) is 10.9 Å². The van der Waals surface area contributed by atoms with Crippen LogP contribution in [0.2, 0.25) is 0 Å². The van der Waals surface area contributed by atoms with Crippen molar-refractivity contribution < 1.29 is 9.18 Å². The molecule has 0 aliphatic carbocycles. The van der Waals surface area contributed by atoms with Crippen molar-refractivity contribution in [1.29, 1.82) is 5.26 Å². The molecular formula is C21H26FN7O. The number of aromatic nitrogens is 2. The van der Waals surface area contributed by atoms with Crippen LogP contribution in [0.25, 0.3) is 0 Å². The van der Waals surface area contributed by atoms with E-state index in [-0.39, 0.29) is 17.6 Å². The van der Waals surface area contributed by atoms with E-state index in [9.17, 15) is 9.18 Å². The van der Waals surface area contributed by atoms with E-state index < -0.39 is 5.82 Å². The molecule has 0 saturated carbocycles. The number of rotatable bonds is 8. The van der Waals surface area contributed by atoms with E-state index in [0.717, 1.165) is 51.4 Å². The van der Waals surface area contributed by atoms with Crippen LogP contribution in [0.1, 0.15) is 42.6 Å². The zero-order valence-corrected chi connectivity index (χ0v) is 16.8. The van der Waals surface area contributed by atoms with Gasteiger partial charge in [-0.05, 0) is 43.4 Å². The molecule has 1 atom stereocenters. The number of H-pyrrole nitrogens is 1. The van der Waals surface area contributed by atoms with E-state index in [1.807, 2.05) is 17.0 Å². The number of guanidine groups is 1. The number of hydrogen-bond donors (Lipinski definition) is 3. The number of halogens is 1. The van der Waals surface area contributed by atoms with Crippen LogP contribution < -0.4 is 10.6 Å². The minimum Gasteiger partial charge on any atom is -0.357 e. The molecule has 3 heterocycles. The zero-order chi connectivity index (χ0) is 21.2. The lowest BCUT2D eigenvalue weighted by Gasteiger charge is -2.15. The Labute approximate surface area is 175 Å². The molecule has 1 saturated heterocycles. The summed E-state index contributed by atoms with van der Waals surface area (Å²) >= 11 is 0. The third kappa shape index (κ3) is 6.04. The van der Waals surface area contributed by atoms with E-state index in [0.29, 0.717) is 18.2 Å². The fourth-order valence-corrected chi connectivity index (χ4v) is 3.57. The Morgan fingerprint density at radius 3 is 3.07 bits per heavy atom. The Kier molecular flexibility index (Phi) is 7.78. The number of pyridine rings is 1. The highest BCUT2D eigenvalue weighted by molar-refractivity contribution is 5.94. The molecule has 3 N–H and O–H groups in total. The second kappa shape index (κ2) is 11.0. The van der Waals surface area contributed by atoms with Gasteiger partial charge in [-0.3, -0.25) is 20.1 Å². The number of likely N-dealkylation sites (tertiary alicyclic amines) is 1. The van der Waals surface area contributed by atoms with E-state index in [1.54, 1.807) is 12.4 Å². The molecule has 8 nitrogen and oxygen atoms in total. The molecule has 2 aromatic rings. The van der Waals surface area contributed by atoms with E-state index in [4.69, 9.17) is 5.26 Å².